The molecular weight excluding hydrogens is 312 g/mol. The Kier molecular flexibility index (Phi) is 3.93. The van der Waals surface area contributed by atoms with Crippen LogP contribution in [0.25, 0.3) is 11.2 Å². The number of nitrogen functional groups attached to an aromatic ring is 1. The molecule has 2 aromatic heterocycles. The summed E-state index contributed by atoms with van der Waals surface area (Å²) in [5.74, 6) is 0.294. The topological polar surface area (TPSA) is 135 Å². The Labute approximate surface area is 126 Å². The minimum atomic E-state index is -3.58. The molecule has 3 rings (SSSR count). The fourth-order valence-electron chi connectivity index (χ4n) is 2.25. The molecule has 0 saturated carbocycles. The molecule has 22 heavy (non-hydrogen) atoms. The first-order valence-electron chi connectivity index (χ1n) is 6.74. The van der Waals surface area contributed by atoms with Gasteiger partial charge in [0, 0.05) is 6.61 Å². The van der Waals surface area contributed by atoms with E-state index in [0.29, 0.717) is 17.7 Å². The number of ether oxygens (including phenoxy) is 1. The summed E-state index contributed by atoms with van der Waals surface area (Å²) in [5.41, 5.74) is 6.63. The van der Waals surface area contributed by atoms with Crippen molar-refractivity contribution in [3.63, 3.8) is 0 Å². The Morgan fingerprint density at radius 1 is 1.45 bits per heavy atom. The maximum absolute atomic E-state index is 11.0. The van der Waals surface area contributed by atoms with E-state index >= 15 is 0 Å². The molecule has 0 unspecified atom stereocenters. The standard InChI is InChI=1S/C11H16N6O4S/c1-22(18,19)21-6-8-13-10(12)9-11(14-8)17(16-15-9)5-7-3-2-4-20-7/h7H,2-6H2,1H3,(H2,12,13,14)/t7-/m0/s1. The number of nitrogens with two attached hydrogens (primary N) is 1. The quantitative estimate of drug-likeness (QED) is 0.717. The van der Waals surface area contributed by atoms with Crippen molar-refractivity contribution in [2.75, 3.05) is 18.6 Å². The van der Waals surface area contributed by atoms with Crippen LogP contribution in [-0.4, -0.2) is 52.3 Å². The molecule has 0 aliphatic carbocycles. The number of nitrogens with zero attached hydrogens (tertiary/aromatic N) is 5. The molecule has 0 bridgehead atoms. The summed E-state index contributed by atoms with van der Waals surface area (Å²) in [6.07, 6.45) is 2.99. The van der Waals surface area contributed by atoms with E-state index in [9.17, 15) is 8.42 Å². The van der Waals surface area contributed by atoms with E-state index in [1.165, 1.54) is 0 Å². The zero-order chi connectivity index (χ0) is 15.7. The summed E-state index contributed by atoms with van der Waals surface area (Å²) < 4.78 is 33.9. The molecular formula is C11H16N6O4S. The van der Waals surface area contributed by atoms with Crippen LogP contribution in [0.2, 0.25) is 0 Å². The van der Waals surface area contributed by atoms with E-state index in [1.54, 1.807) is 4.68 Å². The third-order valence-electron chi connectivity index (χ3n) is 3.24. The van der Waals surface area contributed by atoms with Gasteiger partial charge in [-0.3, -0.25) is 4.18 Å². The summed E-state index contributed by atoms with van der Waals surface area (Å²) in [6, 6.07) is 0. The Balaban J connectivity index is 1.88. The summed E-state index contributed by atoms with van der Waals surface area (Å²) in [6.45, 7) is 0.964. The second-order valence-electron chi connectivity index (χ2n) is 5.07. The van der Waals surface area contributed by atoms with E-state index in [0.717, 1.165) is 25.7 Å². The van der Waals surface area contributed by atoms with Crippen molar-refractivity contribution in [2.24, 2.45) is 0 Å². The van der Waals surface area contributed by atoms with Crippen molar-refractivity contribution in [3.8, 4) is 0 Å². The van der Waals surface area contributed by atoms with Crippen molar-refractivity contribution < 1.29 is 17.3 Å². The maximum atomic E-state index is 11.0. The van der Waals surface area contributed by atoms with E-state index in [-0.39, 0.29) is 24.4 Å². The third kappa shape index (κ3) is 3.31. The molecule has 1 aliphatic heterocycles. The highest BCUT2D eigenvalue weighted by Crippen LogP contribution is 2.19. The average Bonchev–Trinajstić information content (AvgIpc) is 3.07. The fourth-order valence-corrected chi connectivity index (χ4v) is 2.57. The largest absolute Gasteiger partial charge is 0.382 e. The first kappa shape index (κ1) is 15.1. The Hall–Kier alpha value is -1.85. The Morgan fingerprint density at radius 2 is 2.27 bits per heavy atom. The summed E-state index contributed by atoms with van der Waals surface area (Å²) in [5, 5.41) is 7.97. The summed E-state index contributed by atoms with van der Waals surface area (Å²) in [4.78, 5) is 8.22. The zero-order valence-corrected chi connectivity index (χ0v) is 12.8. The fraction of sp³-hybridized carbons (Fsp3) is 0.636. The minimum Gasteiger partial charge on any atom is -0.382 e. The lowest BCUT2D eigenvalue weighted by molar-refractivity contribution is 0.0944. The molecule has 10 nitrogen and oxygen atoms in total. The lowest BCUT2D eigenvalue weighted by atomic mass is 10.2. The van der Waals surface area contributed by atoms with E-state index in [4.69, 9.17) is 10.5 Å². The van der Waals surface area contributed by atoms with Crippen LogP contribution in [0.15, 0.2) is 0 Å². The molecule has 120 valence electrons. The van der Waals surface area contributed by atoms with E-state index in [2.05, 4.69) is 24.5 Å². The van der Waals surface area contributed by atoms with Crippen LogP contribution in [0.3, 0.4) is 0 Å². The maximum Gasteiger partial charge on any atom is 0.264 e. The molecule has 1 saturated heterocycles. The summed E-state index contributed by atoms with van der Waals surface area (Å²) >= 11 is 0. The van der Waals surface area contributed by atoms with Gasteiger partial charge in [-0.05, 0) is 12.8 Å². The molecule has 2 N–H and O–H groups in total. The van der Waals surface area contributed by atoms with E-state index in [1.807, 2.05) is 0 Å². The monoisotopic (exact) mass is 328 g/mol. The van der Waals surface area contributed by atoms with Gasteiger partial charge in [0.2, 0.25) is 0 Å². The van der Waals surface area contributed by atoms with Gasteiger partial charge in [0.15, 0.2) is 22.8 Å². The van der Waals surface area contributed by atoms with Crippen LogP contribution >= 0.6 is 0 Å². The molecule has 1 atom stereocenters. The van der Waals surface area contributed by atoms with Crippen molar-refractivity contribution in [2.45, 2.75) is 32.1 Å². The van der Waals surface area contributed by atoms with Crippen LogP contribution in [0.1, 0.15) is 18.7 Å². The van der Waals surface area contributed by atoms with Gasteiger partial charge in [-0.2, -0.15) is 8.42 Å². The number of hydrogen-bond acceptors (Lipinski definition) is 9. The third-order valence-corrected chi connectivity index (χ3v) is 3.78. The highest BCUT2D eigenvalue weighted by molar-refractivity contribution is 7.85. The van der Waals surface area contributed by atoms with Gasteiger partial charge in [0.25, 0.3) is 10.1 Å². The number of anilines is 1. The normalized spacial score (nSPS) is 19.0. The Morgan fingerprint density at radius 3 is 2.95 bits per heavy atom. The van der Waals surface area contributed by atoms with Gasteiger partial charge in [-0.25, -0.2) is 14.6 Å². The van der Waals surface area contributed by atoms with Crippen LogP contribution in [0, 0.1) is 0 Å². The second kappa shape index (κ2) is 5.74. The first-order chi connectivity index (χ1) is 10.4. The number of fused-ring (bicyclic) bond motifs is 1. The molecule has 11 heteroatoms. The SMILES string of the molecule is CS(=O)(=O)OCc1nc(N)c2nnn(C[C@@H]3CCCO3)c2n1. The second-order valence-corrected chi connectivity index (χ2v) is 6.71. The van der Waals surface area contributed by atoms with Gasteiger partial charge in [0.05, 0.1) is 18.9 Å². The molecule has 0 amide bonds. The highest BCUT2D eigenvalue weighted by Gasteiger charge is 2.20. The van der Waals surface area contributed by atoms with Crippen molar-refractivity contribution in [1.82, 2.24) is 25.0 Å². The number of rotatable bonds is 5. The molecule has 0 radical (unpaired) electrons. The molecule has 1 aliphatic rings. The predicted molar refractivity (Wildman–Crippen MR) is 76.1 cm³/mol. The van der Waals surface area contributed by atoms with Gasteiger partial charge < -0.3 is 10.5 Å². The number of aromatic nitrogens is 5. The van der Waals surface area contributed by atoms with E-state index < -0.39 is 10.1 Å². The molecule has 3 heterocycles. The van der Waals surface area contributed by atoms with Crippen molar-refractivity contribution in [3.05, 3.63) is 5.82 Å². The molecule has 0 spiro atoms. The van der Waals surface area contributed by atoms with Crippen molar-refractivity contribution >= 4 is 27.1 Å². The van der Waals surface area contributed by atoms with Gasteiger partial charge in [-0.15, -0.1) is 5.10 Å². The highest BCUT2D eigenvalue weighted by atomic mass is 32.2. The van der Waals surface area contributed by atoms with Gasteiger partial charge in [-0.1, -0.05) is 5.21 Å². The smallest absolute Gasteiger partial charge is 0.264 e. The van der Waals surface area contributed by atoms with Crippen LogP contribution in [0.4, 0.5) is 5.82 Å². The lowest BCUT2D eigenvalue weighted by Gasteiger charge is -2.09. The average molecular weight is 328 g/mol. The minimum absolute atomic E-state index is 0.0665. The van der Waals surface area contributed by atoms with Crippen LogP contribution in [0.5, 0.6) is 0 Å². The number of hydrogen-bond donors (Lipinski definition) is 1. The molecule has 2 aromatic rings. The van der Waals surface area contributed by atoms with Gasteiger partial charge >= 0.3 is 0 Å². The first-order valence-corrected chi connectivity index (χ1v) is 8.55. The zero-order valence-electron chi connectivity index (χ0n) is 12.0. The van der Waals surface area contributed by atoms with Crippen LogP contribution < -0.4 is 5.73 Å². The lowest BCUT2D eigenvalue weighted by Crippen LogP contribution is -2.17. The van der Waals surface area contributed by atoms with Crippen LogP contribution in [-0.2, 0) is 32.2 Å². The van der Waals surface area contributed by atoms with Gasteiger partial charge in [0.1, 0.15) is 6.61 Å². The molecule has 0 aromatic carbocycles. The molecule has 1 fully saturated rings. The summed E-state index contributed by atoms with van der Waals surface area (Å²) in [7, 11) is -3.58. The van der Waals surface area contributed by atoms with Crippen molar-refractivity contribution in [1.29, 1.82) is 0 Å². The Bertz CT molecular complexity index is 783. The predicted octanol–water partition coefficient (Wildman–Crippen LogP) is -0.541.